The van der Waals surface area contributed by atoms with Gasteiger partial charge in [-0.15, -0.1) is 11.3 Å². The quantitative estimate of drug-likeness (QED) is 0.695. The van der Waals surface area contributed by atoms with Gasteiger partial charge in [0.15, 0.2) is 0 Å². The van der Waals surface area contributed by atoms with Crippen LogP contribution in [0.2, 0.25) is 0 Å². The molecule has 4 heteroatoms. The van der Waals surface area contributed by atoms with Crippen LogP contribution in [0.25, 0.3) is 6.08 Å². The normalized spacial score (nSPS) is 10.1. The molecule has 2 rings (SSSR count). The van der Waals surface area contributed by atoms with Gasteiger partial charge in [0, 0.05) is 36.3 Å². The Balaban J connectivity index is 1.80. The van der Waals surface area contributed by atoms with E-state index < -0.39 is 0 Å². The minimum absolute atomic E-state index is 0.134. The largest absolute Gasteiger partial charge is 0.378 e. The van der Waals surface area contributed by atoms with Crippen molar-refractivity contribution in [3.8, 4) is 11.8 Å². The third-order valence-electron chi connectivity index (χ3n) is 2.91. The molecule has 0 unspecified atom stereocenters. The number of nitrogens with one attached hydrogen (secondary N) is 1. The van der Waals surface area contributed by atoms with Crippen LogP contribution in [0.3, 0.4) is 0 Å². The van der Waals surface area contributed by atoms with Gasteiger partial charge in [-0.05, 0) is 41.8 Å². The number of thiophene rings is 1. The molecule has 0 spiro atoms. The standard InChI is InChI=1S/C18H18N2OS/c1-20(2)16-9-7-15(8-10-16)5-3-13-19-18(21)12-11-17-6-4-14-22-17/h4,6-12,14H,13H2,1-2H3,(H,19,21)/b12-11+. The van der Waals surface area contributed by atoms with Crippen molar-refractivity contribution in [1.29, 1.82) is 0 Å². The maximum absolute atomic E-state index is 11.6. The van der Waals surface area contributed by atoms with E-state index >= 15 is 0 Å². The monoisotopic (exact) mass is 310 g/mol. The summed E-state index contributed by atoms with van der Waals surface area (Å²) in [6.07, 6.45) is 3.33. The number of rotatable bonds is 4. The second kappa shape index (κ2) is 8.06. The van der Waals surface area contributed by atoms with E-state index in [0.29, 0.717) is 6.54 Å². The van der Waals surface area contributed by atoms with Crippen LogP contribution in [0.15, 0.2) is 47.9 Å². The fourth-order valence-electron chi connectivity index (χ4n) is 1.72. The Kier molecular flexibility index (Phi) is 5.81. The smallest absolute Gasteiger partial charge is 0.244 e. The summed E-state index contributed by atoms with van der Waals surface area (Å²) < 4.78 is 0. The minimum atomic E-state index is -0.134. The van der Waals surface area contributed by atoms with Gasteiger partial charge < -0.3 is 10.2 Å². The summed E-state index contributed by atoms with van der Waals surface area (Å²) >= 11 is 1.60. The number of carbonyl (C=O) groups is 1. The summed E-state index contributed by atoms with van der Waals surface area (Å²) in [5.41, 5.74) is 2.08. The van der Waals surface area contributed by atoms with E-state index in [4.69, 9.17) is 0 Å². The first-order valence-electron chi connectivity index (χ1n) is 6.91. The molecule has 3 nitrogen and oxygen atoms in total. The predicted octanol–water partition coefficient (Wildman–Crippen LogP) is 3.00. The van der Waals surface area contributed by atoms with E-state index in [-0.39, 0.29) is 5.91 Å². The second-order valence-corrected chi connectivity index (χ2v) is 5.79. The molecular weight excluding hydrogens is 292 g/mol. The molecule has 1 N–H and O–H groups in total. The van der Waals surface area contributed by atoms with Crippen molar-refractivity contribution in [3.63, 3.8) is 0 Å². The van der Waals surface area contributed by atoms with Crippen LogP contribution in [-0.2, 0) is 4.79 Å². The second-order valence-electron chi connectivity index (χ2n) is 4.81. The van der Waals surface area contributed by atoms with Crippen LogP contribution >= 0.6 is 11.3 Å². The summed E-state index contributed by atoms with van der Waals surface area (Å²) in [6, 6.07) is 11.9. The molecular formula is C18H18N2OS. The lowest BCUT2D eigenvalue weighted by molar-refractivity contribution is -0.116. The highest BCUT2D eigenvalue weighted by Gasteiger charge is 1.94. The lowest BCUT2D eigenvalue weighted by atomic mass is 10.2. The highest BCUT2D eigenvalue weighted by atomic mass is 32.1. The van der Waals surface area contributed by atoms with E-state index in [1.807, 2.05) is 60.8 Å². The maximum atomic E-state index is 11.6. The zero-order chi connectivity index (χ0) is 15.8. The van der Waals surface area contributed by atoms with Crippen molar-refractivity contribution in [1.82, 2.24) is 5.32 Å². The van der Waals surface area contributed by atoms with Crippen LogP contribution in [0.5, 0.6) is 0 Å². The number of hydrogen-bond acceptors (Lipinski definition) is 3. The number of nitrogens with zero attached hydrogens (tertiary/aromatic N) is 1. The molecule has 0 saturated carbocycles. The molecule has 0 saturated heterocycles. The summed E-state index contributed by atoms with van der Waals surface area (Å²) in [5.74, 6) is 5.84. The van der Waals surface area contributed by atoms with Gasteiger partial charge in [0.2, 0.25) is 5.91 Å². The molecule has 0 aliphatic carbocycles. The SMILES string of the molecule is CN(C)c1ccc(C#CCNC(=O)/C=C/c2cccs2)cc1. The molecule has 1 aromatic heterocycles. The molecule has 0 radical (unpaired) electrons. The van der Waals surface area contributed by atoms with Crippen molar-refractivity contribution in [2.75, 3.05) is 25.5 Å². The third kappa shape index (κ3) is 5.12. The average Bonchev–Trinajstić information content (AvgIpc) is 3.03. The third-order valence-corrected chi connectivity index (χ3v) is 3.75. The zero-order valence-electron chi connectivity index (χ0n) is 12.7. The molecule has 0 aliphatic heterocycles. The Bertz CT molecular complexity index is 689. The molecule has 0 bridgehead atoms. The van der Waals surface area contributed by atoms with Crippen molar-refractivity contribution >= 4 is 29.0 Å². The number of hydrogen-bond donors (Lipinski definition) is 1. The van der Waals surface area contributed by atoms with E-state index in [0.717, 1.165) is 16.1 Å². The lowest BCUT2D eigenvalue weighted by Crippen LogP contribution is -2.20. The fraction of sp³-hybridized carbons (Fsp3) is 0.167. The van der Waals surface area contributed by atoms with Crippen LogP contribution in [-0.4, -0.2) is 26.5 Å². The summed E-state index contributed by atoms with van der Waals surface area (Å²) in [7, 11) is 4.00. The molecule has 22 heavy (non-hydrogen) atoms. The Morgan fingerprint density at radius 2 is 2.05 bits per heavy atom. The van der Waals surface area contributed by atoms with Crippen LogP contribution in [0.4, 0.5) is 5.69 Å². The van der Waals surface area contributed by atoms with Gasteiger partial charge in [0.25, 0.3) is 0 Å². The number of amides is 1. The molecule has 1 heterocycles. The Hall–Kier alpha value is -2.51. The van der Waals surface area contributed by atoms with Gasteiger partial charge in [0.05, 0.1) is 6.54 Å². The summed E-state index contributed by atoms with van der Waals surface area (Å²) in [5, 5.41) is 4.72. The fourth-order valence-corrected chi connectivity index (χ4v) is 2.34. The van der Waals surface area contributed by atoms with Crippen molar-refractivity contribution in [2.24, 2.45) is 0 Å². The van der Waals surface area contributed by atoms with E-state index in [1.165, 1.54) is 6.08 Å². The molecule has 112 valence electrons. The van der Waals surface area contributed by atoms with Crippen LogP contribution in [0.1, 0.15) is 10.4 Å². The van der Waals surface area contributed by atoms with Gasteiger partial charge in [-0.2, -0.15) is 0 Å². The first-order chi connectivity index (χ1) is 10.6. The van der Waals surface area contributed by atoms with Gasteiger partial charge in [-0.3, -0.25) is 4.79 Å². The summed E-state index contributed by atoms with van der Waals surface area (Å²) in [4.78, 5) is 14.7. The first-order valence-corrected chi connectivity index (χ1v) is 7.79. The topological polar surface area (TPSA) is 32.3 Å². The van der Waals surface area contributed by atoms with Crippen molar-refractivity contribution in [3.05, 3.63) is 58.3 Å². The summed E-state index contributed by atoms with van der Waals surface area (Å²) in [6.45, 7) is 0.336. The zero-order valence-corrected chi connectivity index (χ0v) is 13.5. The van der Waals surface area contributed by atoms with Gasteiger partial charge >= 0.3 is 0 Å². The van der Waals surface area contributed by atoms with Crippen molar-refractivity contribution in [2.45, 2.75) is 0 Å². The van der Waals surface area contributed by atoms with Crippen LogP contribution < -0.4 is 10.2 Å². The number of carbonyl (C=O) groups excluding carboxylic acids is 1. The highest BCUT2D eigenvalue weighted by molar-refractivity contribution is 7.10. The molecule has 1 amide bonds. The van der Waals surface area contributed by atoms with E-state index in [1.54, 1.807) is 17.4 Å². The molecule has 0 atom stereocenters. The Morgan fingerprint density at radius 1 is 1.27 bits per heavy atom. The number of anilines is 1. The lowest BCUT2D eigenvalue weighted by Gasteiger charge is -2.11. The van der Waals surface area contributed by atoms with Gasteiger partial charge in [0.1, 0.15) is 0 Å². The van der Waals surface area contributed by atoms with E-state index in [9.17, 15) is 4.79 Å². The van der Waals surface area contributed by atoms with Gasteiger partial charge in [-0.25, -0.2) is 0 Å². The van der Waals surface area contributed by atoms with Crippen molar-refractivity contribution < 1.29 is 4.79 Å². The van der Waals surface area contributed by atoms with Gasteiger partial charge in [-0.1, -0.05) is 17.9 Å². The predicted molar refractivity (Wildman–Crippen MR) is 94.0 cm³/mol. The molecule has 0 aliphatic rings. The minimum Gasteiger partial charge on any atom is -0.378 e. The Morgan fingerprint density at radius 3 is 2.68 bits per heavy atom. The first kappa shape index (κ1) is 15.9. The molecule has 2 aromatic rings. The molecule has 1 aromatic carbocycles. The number of benzene rings is 1. The Labute approximate surface area is 135 Å². The van der Waals surface area contributed by atoms with E-state index in [2.05, 4.69) is 17.2 Å². The highest BCUT2D eigenvalue weighted by Crippen LogP contribution is 2.11. The average molecular weight is 310 g/mol. The van der Waals surface area contributed by atoms with Crippen LogP contribution in [0, 0.1) is 11.8 Å². The molecule has 0 fully saturated rings. The maximum Gasteiger partial charge on any atom is 0.244 e.